The van der Waals surface area contributed by atoms with Crippen LogP contribution in [0.4, 0.5) is 11.4 Å². The summed E-state index contributed by atoms with van der Waals surface area (Å²) in [6.07, 6.45) is 0. The predicted octanol–water partition coefficient (Wildman–Crippen LogP) is 3.84. The van der Waals surface area contributed by atoms with E-state index in [1.165, 1.54) is 0 Å². The molecule has 0 fully saturated rings. The molecule has 0 aliphatic carbocycles. The van der Waals surface area contributed by atoms with Gasteiger partial charge < -0.3 is 15.8 Å². The van der Waals surface area contributed by atoms with Gasteiger partial charge in [-0.05, 0) is 52.3 Å². The Morgan fingerprint density at radius 1 is 1.21 bits per heavy atom. The van der Waals surface area contributed by atoms with Crippen LogP contribution >= 0.6 is 28.1 Å². The van der Waals surface area contributed by atoms with Crippen molar-refractivity contribution in [2.24, 2.45) is 5.73 Å². The van der Waals surface area contributed by atoms with Gasteiger partial charge in [-0.2, -0.15) is 0 Å². The second-order valence-corrected chi connectivity index (χ2v) is 5.21. The smallest absolute Gasteiger partial charge is 0.121 e. The third-order valence-electron chi connectivity index (χ3n) is 2.62. The molecular formula is C14H13BrN2OS. The fraction of sp³-hybridized carbons (Fsp3) is 0.0714. The van der Waals surface area contributed by atoms with E-state index < -0.39 is 0 Å². The molecule has 3 N–H and O–H groups in total. The molecular weight excluding hydrogens is 324 g/mol. The van der Waals surface area contributed by atoms with E-state index in [4.69, 9.17) is 22.7 Å². The Kier molecular flexibility index (Phi) is 4.39. The van der Waals surface area contributed by atoms with E-state index in [2.05, 4.69) is 21.2 Å². The van der Waals surface area contributed by atoms with E-state index in [0.717, 1.165) is 27.2 Å². The second kappa shape index (κ2) is 6.04. The number of nitrogens with one attached hydrogen (secondary N) is 1. The molecule has 0 aliphatic heterocycles. The van der Waals surface area contributed by atoms with Crippen LogP contribution < -0.4 is 15.8 Å². The van der Waals surface area contributed by atoms with E-state index in [0.29, 0.717) is 4.99 Å². The highest BCUT2D eigenvalue weighted by atomic mass is 79.9. The number of ether oxygens (including phenoxy) is 1. The van der Waals surface area contributed by atoms with Crippen LogP contribution in [-0.2, 0) is 0 Å². The van der Waals surface area contributed by atoms with Crippen molar-refractivity contribution in [3.05, 3.63) is 52.5 Å². The fourth-order valence-corrected chi connectivity index (χ4v) is 2.08. The van der Waals surface area contributed by atoms with Crippen LogP contribution in [0.2, 0.25) is 0 Å². The first kappa shape index (κ1) is 13.8. The Morgan fingerprint density at radius 3 is 2.47 bits per heavy atom. The number of anilines is 2. The first-order chi connectivity index (χ1) is 9.10. The molecule has 2 aromatic rings. The Bertz CT molecular complexity index is 599. The quantitative estimate of drug-likeness (QED) is 0.833. The van der Waals surface area contributed by atoms with E-state index in [9.17, 15) is 0 Å². The van der Waals surface area contributed by atoms with Crippen LogP contribution in [-0.4, -0.2) is 12.1 Å². The average molecular weight is 337 g/mol. The largest absolute Gasteiger partial charge is 0.497 e. The normalized spacial score (nSPS) is 10.0. The summed E-state index contributed by atoms with van der Waals surface area (Å²) >= 11 is 8.42. The van der Waals surface area contributed by atoms with E-state index in [-0.39, 0.29) is 0 Å². The number of benzene rings is 2. The zero-order chi connectivity index (χ0) is 13.8. The van der Waals surface area contributed by atoms with Crippen LogP contribution in [0.1, 0.15) is 5.56 Å². The van der Waals surface area contributed by atoms with Gasteiger partial charge in [-0.25, -0.2) is 0 Å². The van der Waals surface area contributed by atoms with Crippen LogP contribution in [0.15, 0.2) is 46.9 Å². The maximum absolute atomic E-state index is 5.57. The van der Waals surface area contributed by atoms with Gasteiger partial charge in [0.1, 0.15) is 10.7 Å². The van der Waals surface area contributed by atoms with Gasteiger partial charge in [-0.15, -0.1) is 0 Å². The summed E-state index contributed by atoms with van der Waals surface area (Å²) in [5.74, 6) is 0.797. The molecule has 3 nitrogen and oxygen atoms in total. The van der Waals surface area contributed by atoms with Crippen molar-refractivity contribution in [1.82, 2.24) is 0 Å². The zero-order valence-corrected chi connectivity index (χ0v) is 12.7. The van der Waals surface area contributed by atoms with Gasteiger partial charge in [0, 0.05) is 21.8 Å². The minimum atomic E-state index is 0.397. The number of hydrogen-bond donors (Lipinski definition) is 2. The second-order valence-electron chi connectivity index (χ2n) is 3.91. The topological polar surface area (TPSA) is 47.3 Å². The number of halogens is 1. The monoisotopic (exact) mass is 336 g/mol. The van der Waals surface area contributed by atoms with Gasteiger partial charge in [-0.3, -0.25) is 0 Å². The van der Waals surface area contributed by atoms with Crippen molar-refractivity contribution < 1.29 is 4.74 Å². The summed E-state index contributed by atoms with van der Waals surface area (Å²) in [7, 11) is 1.64. The van der Waals surface area contributed by atoms with Gasteiger partial charge in [0.15, 0.2) is 0 Å². The molecule has 0 aliphatic rings. The Hall–Kier alpha value is -1.59. The minimum absolute atomic E-state index is 0.397. The number of rotatable bonds is 4. The van der Waals surface area contributed by atoms with Crippen molar-refractivity contribution in [3.8, 4) is 5.75 Å². The lowest BCUT2D eigenvalue weighted by molar-refractivity contribution is 0.415. The molecule has 2 aromatic carbocycles. The van der Waals surface area contributed by atoms with Gasteiger partial charge in [-0.1, -0.05) is 12.2 Å². The van der Waals surface area contributed by atoms with Crippen LogP contribution in [0.5, 0.6) is 5.75 Å². The summed E-state index contributed by atoms with van der Waals surface area (Å²) < 4.78 is 6.17. The van der Waals surface area contributed by atoms with Gasteiger partial charge in [0.25, 0.3) is 0 Å². The molecule has 0 saturated carbocycles. The van der Waals surface area contributed by atoms with Gasteiger partial charge in [0.05, 0.1) is 12.8 Å². The first-order valence-corrected chi connectivity index (χ1v) is 6.80. The van der Waals surface area contributed by atoms with Gasteiger partial charge in [0.2, 0.25) is 0 Å². The van der Waals surface area contributed by atoms with Crippen molar-refractivity contribution in [3.63, 3.8) is 0 Å². The van der Waals surface area contributed by atoms with E-state index in [1.54, 1.807) is 7.11 Å². The molecule has 0 aromatic heterocycles. The van der Waals surface area contributed by atoms with Crippen LogP contribution in [0, 0.1) is 0 Å². The molecule has 19 heavy (non-hydrogen) atoms. The third-order valence-corrected chi connectivity index (χ3v) is 3.55. The van der Waals surface area contributed by atoms with Crippen molar-refractivity contribution in [1.29, 1.82) is 0 Å². The number of methoxy groups -OCH3 is 1. The number of thiocarbonyl (C=S) groups is 1. The molecule has 2 rings (SSSR count). The summed E-state index contributed by atoms with van der Waals surface area (Å²) in [5, 5.41) is 3.30. The molecule has 5 heteroatoms. The SMILES string of the molecule is COc1ccc(Br)c(Nc2ccc(C(N)=S)cc2)c1. The molecule has 0 unspecified atom stereocenters. The summed E-state index contributed by atoms with van der Waals surface area (Å²) in [6.45, 7) is 0. The molecule has 0 bridgehead atoms. The summed E-state index contributed by atoms with van der Waals surface area (Å²) in [5.41, 5.74) is 8.30. The highest BCUT2D eigenvalue weighted by Gasteiger charge is 2.03. The van der Waals surface area contributed by atoms with E-state index in [1.807, 2.05) is 42.5 Å². The van der Waals surface area contributed by atoms with Crippen LogP contribution in [0.3, 0.4) is 0 Å². The Balaban J connectivity index is 2.23. The summed E-state index contributed by atoms with van der Waals surface area (Å²) in [6, 6.07) is 13.4. The van der Waals surface area contributed by atoms with Crippen LogP contribution in [0.25, 0.3) is 0 Å². The van der Waals surface area contributed by atoms with Crippen molar-refractivity contribution in [2.75, 3.05) is 12.4 Å². The third kappa shape index (κ3) is 3.45. The number of hydrogen-bond acceptors (Lipinski definition) is 3. The molecule has 0 amide bonds. The van der Waals surface area contributed by atoms with E-state index >= 15 is 0 Å². The highest BCUT2D eigenvalue weighted by molar-refractivity contribution is 9.10. The first-order valence-electron chi connectivity index (χ1n) is 5.60. The predicted molar refractivity (Wildman–Crippen MR) is 86.3 cm³/mol. The highest BCUT2D eigenvalue weighted by Crippen LogP contribution is 2.29. The molecule has 0 heterocycles. The van der Waals surface area contributed by atoms with Crippen molar-refractivity contribution in [2.45, 2.75) is 0 Å². The Morgan fingerprint density at radius 2 is 1.89 bits per heavy atom. The lowest BCUT2D eigenvalue weighted by Gasteiger charge is -2.10. The zero-order valence-electron chi connectivity index (χ0n) is 10.3. The fourth-order valence-electron chi connectivity index (χ4n) is 1.60. The summed E-state index contributed by atoms with van der Waals surface area (Å²) in [4.78, 5) is 0.397. The maximum atomic E-state index is 5.57. The van der Waals surface area contributed by atoms with Crippen molar-refractivity contribution >= 4 is 44.5 Å². The number of nitrogens with two attached hydrogens (primary N) is 1. The molecule has 0 radical (unpaired) electrons. The molecule has 0 spiro atoms. The maximum Gasteiger partial charge on any atom is 0.121 e. The molecule has 98 valence electrons. The molecule has 0 saturated heterocycles. The average Bonchev–Trinajstić information content (AvgIpc) is 2.42. The minimum Gasteiger partial charge on any atom is -0.497 e. The Labute approximate surface area is 125 Å². The lowest BCUT2D eigenvalue weighted by Crippen LogP contribution is -2.08. The lowest BCUT2D eigenvalue weighted by atomic mass is 10.2. The molecule has 0 atom stereocenters. The van der Waals surface area contributed by atoms with Gasteiger partial charge >= 0.3 is 0 Å². The standard InChI is InChI=1S/C14H13BrN2OS/c1-18-11-6-7-12(15)13(8-11)17-10-4-2-9(3-5-10)14(16)19/h2-8,17H,1H3,(H2,16,19).